The van der Waals surface area contributed by atoms with Crippen LogP contribution in [0, 0.1) is 24.1 Å². The molecule has 0 radical (unpaired) electrons. The Morgan fingerprint density at radius 1 is 1.07 bits per heavy atom. The van der Waals surface area contributed by atoms with Crippen LogP contribution in [-0.4, -0.2) is 66.0 Å². The predicted molar refractivity (Wildman–Crippen MR) is 150 cm³/mol. The third kappa shape index (κ3) is 6.37. The van der Waals surface area contributed by atoms with Crippen LogP contribution < -0.4 is 0 Å². The van der Waals surface area contributed by atoms with Gasteiger partial charge in [0.2, 0.25) is 0 Å². The van der Waals surface area contributed by atoms with Crippen LogP contribution in [0.3, 0.4) is 0 Å². The standard InChI is InChI=1S/C32H36F7N3O3/c1-5-45-28(43)30-15-23(30)16-41(17-30)25-8-9-42(27(14-25)26-7-6-24(33)10-18(26)2)29(44)40(4)19(3)20-11-21(31(34,35)36)13-22(12-20)32(37,38)39/h6-7,10-13,19,23,25,27H,5,8-9,14-17H2,1-4H3/t19-,23-,25+,27+,30-/m0/s1. The Morgan fingerprint density at radius 3 is 2.29 bits per heavy atom. The van der Waals surface area contributed by atoms with Gasteiger partial charge in [0.15, 0.2) is 0 Å². The molecule has 5 atom stereocenters. The van der Waals surface area contributed by atoms with E-state index in [1.165, 1.54) is 26.1 Å². The molecular formula is C32H36F7N3O3. The highest BCUT2D eigenvalue weighted by Gasteiger charge is 2.66. The number of ether oxygens (including phenoxy) is 1. The van der Waals surface area contributed by atoms with Gasteiger partial charge in [0, 0.05) is 32.7 Å². The van der Waals surface area contributed by atoms with Gasteiger partial charge in [-0.25, -0.2) is 9.18 Å². The number of carbonyl (C=O) groups is 2. The van der Waals surface area contributed by atoms with Crippen molar-refractivity contribution < 1.29 is 45.1 Å². The summed E-state index contributed by atoms with van der Waals surface area (Å²) in [5, 5.41) is 0. The Hall–Kier alpha value is -3.35. The lowest BCUT2D eigenvalue weighted by atomic mass is 9.88. The number of esters is 1. The van der Waals surface area contributed by atoms with E-state index in [1.807, 2.05) is 0 Å². The molecule has 0 aromatic heterocycles. The number of likely N-dealkylation sites (tertiary alicyclic amines) is 2. The lowest BCUT2D eigenvalue weighted by Crippen LogP contribution is -2.52. The Kier molecular flexibility index (Phi) is 8.65. The molecule has 45 heavy (non-hydrogen) atoms. The first kappa shape index (κ1) is 33.0. The SMILES string of the molecule is CCOC(=O)[C@]12C[C@H]1CN([C@@H]1CCN(C(=O)N(C)[C@@H](C)c3cc(C(F)(F)F)cc(C(F)(F)F)c3)[C@@H](c3ccc(F)cc3C)C1)C2. The number of fused-ring (bicyclic) bond motifs is 1. The molecule has 0 unspecified atom stereocenters. The third-order valence-corrected chi connectivity index (χ3v) is 9.76. The summed E-state index contributed by atoms with van der Waals surface area (Å²) in [6.45, 7) is 6.65. The molecule has 246 valence electrons. The van der Waals surface area contributed by atoms with E-state index in [2.05, 4.69) is 4.90 Å². The maximum absolute atomic E-state index is 14.1. The van der Waals surface area contributed by atoms with Crippen molar-refractivity contribution in [2.45, 2.75) is 70.5 Å². The van der Waals surface area contributed by atoms with Crippen molar-refractivity contribution in [1.82, 2.24) is 14.7 Å². The van der Waals surface area contributed by atoms with E-state index in [0.717, 1.165) is 11.3 Å². The summed E-state index contributed by atoms with van der Waals surface area (Å²) in [5.74, 6) is -0.452. The highest BCUT2D eigenvalue weighted by atomic mass is 19.4. The number of amides is 2. The van der Waals surface area contributed by atoms with E-state index >= 15 is 0 Å². The molecule has 13 heteroatoms. The molecule has 0 N–H and O–H groups in total. The fourth-order valence-corrected chi connectivity index (χ4v) is 7.02. The highest BCUT2D eigenvalue weighted by Crippen LogP contribution is 2.59. The number of benzene rings is 2. The summed E-state index contributed by atoms with van der Waals surface area (Å²) >= 11 is 0. The maximum Gasteiger partial charge on any atom is 0.416 e. The molecule has 2 aromatic rings. The molecule has 0 spiro atoms. The van der Waals surface area contributed by atoms with Gasteiger partial charge in [-0.2, -0.15) is 26.3 Å². The van der Waals surface area contributed by atoms with Gasteiger partial charge < -0.3 is 14.5 Å². The first-order valence-electron chi connectivity index (χ1n) is 15.0. The van der Waals surface area contributed by atoms with E-state index in [-0.39, 0.29) is 36.1 Å². The number of halogens is 7. The Bertz CT molecular complexity index is 1430. The number of hydrogen-bond donors (Lipinski definition) is 0. The van der Waals surface area contributed by atoms with Gasteiger partial charge in [-0.1, -0.05) is 6.07 Å². The minimum absolute atomic E-state index is 0.0110. The van der Waals surface area contributed by atoms with E-state index in [9.17, 15) is 40.3 Å². The van der Waals surface area contributed by atoms with Crippen LogP contribution in [0.4, 0.5) is 35.5 Å². The summed E-state index contributed by atoms with van der Waals surface area (Å²) in [5.41, 5.74) is -2.43. The largest absolute Gasteiger partial charge is 0.466 e. The van der Waals surface area contributed by atoms with E-state index in [1.54, 1.807) is 24.8 Å². The van der Waals surface area contributed by atoms with Crippen LogP contribution in [0.15, 0.2) is 36.4 Å². The van der Waals surface area contributed by atoms with Crippen molar-refractivity contribution in [3.05, 3.63) is 70.0 Å². The quantitative estimate of drug-likeness (QED) is 0.244. The Balaban J connectivity index is 1.41. The van der Waals surface area contributed by atoms with Gasteiger partial charge in [0.1, 0.15) is 5.82 Å². The number of urea groups is 1. The van der Waals surface area contributed by atoms with Crippen LogP contribution >= 0.6 is 0 Å². The average molecular weight is 644 g/mol. The molecule has 2 amide bonds. The van der Waals surface area contributed by atoms with Gasteiger partial charge in [-0.3, -0.25) is 9.69 Å². The van der Waals surface area contributed by atoms with Crippen molar-refractivity contribution in [3.63, 3.8) is 0 Å². The number of carbonyl (C=O) groups excluding carboxylic acids is 2. The number of alkyl halides is 6. The number of piperidine rings is 2. The topological polar surface area (TPSA) is 53.1 Å². The second-order valence-corrected chi connectivity index (χ2v) is 12.5. The maximum atomic E-state index is 14.1. The van der Waals surface area contributed by atoms with Crippen molar-refractivity contribution >= 4 is 12.0 Å². The molecule has 2 heterocycles. The first-order valence-corrected chi connectivity index (χ1v) is 15.0. The molecule has 1 saturated carbocycles. The second kappa shape index (κ2) is 11.8. The highest BCUT2D eigenvalue weighted by molar-refractivity contribution is 5.81. The molecule has 1 aliphatic carbocycles. The van der Waals surface area contributed by atoms with Crippen LogP contribution in [-0.2, 0) is 21.9 Å². The molecule has 5 rings (SSSR count). The van der Waals surface area contributed by atoms with Gasteiger partial charge >= 0.3 is 24.4 Å². The van der Waals surface area contributed by atoms with Gasteiger partial charge in [-0.05, 0) is 93.0 Å². The van der Waals surface area contributed by atoms with Gasteiger partial charge in [0.05, 0.1) is 35.2 Å². The summed E-state index contributed by atoms with van der Waals surface area (Å²) in [6, 6.07) is 3.31. The van der Waals surface area contributed by atoms with Crippen LogP contribution in [0.2, 0.25) is 0 Å². The molecule has 2 aromatic carbocycles. The fraction of sp³-hybridized carbons (Fsp3) is 0.562. The zero-order valence-corrected chi connectivity index (χ0v) is 25.4. The average Bonchev–Trinajstić information content (AvgIpc) is 3.55. The third-order valence-electron chi connectivity index (χ3n) is 9.76. The van der Waals surface area contributed by atoms with Crippen molar-refractivity contribution in [1.29, 1.82) is 0 Å². The lowest BCUT2D eigenvalue weighted by molar-refractivity contribution is -0.150. The Morgan fingerprint density at radius 2 is 1.71 bits per heavy atom. The van der Waals surface area contributed by atoms with Crippen molar-refractivity contribution in [2.24, 2.45) is 11.3 Å². The minimum atomic E-state index is -5.02. The van der Waals surface area contributed by atoms with Gasteiger partial charge in [-0.15, -0.1) is 0 Å². The smallest absolute Gasteiger partial charge is 0.416 e. The van der Waals surface area contributed by atoms with Crippen LogP contribution in [0.1, 0.15) is 73.0 Å². The second-order valence-electron chi connectivity index (χ2n) is 12.5. The molecule has 0 bridgehead atoms. The van der Waals surface area contributed by atoms with E-state index < -0.39 is 52.8 Å². The van der Waals surface area contributed by atoms with E-state index in [0.29, 0.717) is 55.8 Å². The predicted octanol–water partition coefficient (Wildman–Crippen LogP) is 7.38. The van der Waals surface area contributed by atoms with Crippen LogP contribution in [0.5, 0.6) is 0 Å². The van der Waals surface area contributed by atoms with Crippen LogP contribution in [0.25, 0.3) is 0 Å². The molecule has 3 fully saturated rings. The monoisotopic (exact) mass is 643 g/mol. The zero-order valence-electron chi connectivity index (χ0n) is 25.4. The number of rotatable bonds is 6. The number of nitrogens with zero attached hydrogens (tertiary/aromatic N) is 3. The summed E-state index contributed by atoms with van der Waals surface area (Å²) in [7, 11) is 1.35. The minimum Gasteiger partial charge on any atom is -0.466 e. The van der Waals surface area contributed by atoms with Crippen molar-refractivity contribution in [3.8, 4) is 0 Å². The lowest BCUT2D eigenvalue weighted by Gasteiger charge is -2.45. The Labute approximate surface area is 257 Å². The summed E-state index contributed by atoms with van der Waals surface area (Å²) in [6.07, 6.45) is -8.28. The number of aryl methyl sites for hydroxylation is 1. The van der Waals surface area contributed by atoms with Crippen molar-refractivity contribution in [2.75, 3.05) is 33.3 Å². The number of hydrogen-bond acceptors (Lipinski definition) is 4. The van der Waals surface area contributed by atoms with Gasteiger partial charge in [0.25, 0.3) is 0 Å². The fourth-order valence-electron chi connectivity index (χ4n) is 7.02. The first-order chi connectivity index (χ1) is 21.0. The molecule has 6 nitrogen and oxygen atoms in total. The van der Waals surface area contributed by atoms with E-state index in [4.69, 9.17) is 4.74 Å². The summed E-state index contributed by atoms with van der Waals surface area (Å²) in [4.78, 5) is 31.6. The molecule has 3 aliphatic rings. The summed E-state index contributed by atoms with van der Waals surface area (Å²) < 4.78 is 101. The molecule has 2 saturated heterocycles. The molecule has 2 aliphatic heterocycles. The normalized spacial score (nSPS) is 25.9. The zero-order chi connectivity index (χ0) is 33.1. The molecular weight excluding hydrogens is 607 g/mol.